The van der Waals surface area contributed by atoms with E-state index >= 15 is 0 Å². The summed E-state index contributed by atoms with van der Waals surface area (Å²) in [6.07, 6.45) is 7.33. The Kier molecular flexibility index (Phi) is 1.10. The molecule has 1 saturated carbocycles. The van der Waals surface area contributed by atoms with Crippen molar-refractivity contribution >= 4 is 0 Å². The normalized spacial score (nSPS) is 33.0. The van der Waals surface area contributed by atoms with Crippen LogP contribution in [0.1, 0.15) is 32.1 Å². The molecule has 1 heteroatoms. The van der Waals surface area contributed by atoms with Crippen LogP contribution in [0.15, 0.2) is 0 Å². The maximum atomic E-state index is 2.57. The van der Waals surface area contributed by atoms with E-state index in [0.29, 0.717) is 0 Å². The summed E-state index contributed by atoms with van der Waals surface area (Å²) in [6.45, 7) is 1.35. The average Bonchev–Trinajstić information content (AvgIpc) is 2.60. The number of hydrogen-bond acceptors (Lipinski definition) is 1. The quantitative estimate of drug-likeness (QED) is 0.475. The molecule has 2 rings (SSSR count). The first-order valence-corrected chi connectivity index (χ1v) is 4.05. The van der Waals surface area contributed by atoms with Gasteiger partial charge in [0, 0.05) is 5.54 Å². The van der Waals surface area contributed by atoms with Gasteiger partial charge in [-0.2, -0.15) is 0 Å². The molecule has 0 aromatic carbocycles. The molecule has 0 aromatic heterocycles. The first kappa shape index (κ1) is 5.72. The van der Waals surface area contributed by atoms with Gasteiger partial charge in [-0.15, -0.1) is 0 Å². The topological polar surface area (TPSA) is 3.24 Å². The number of rotatable bonds is 0. The van der Waals surface area contributed by atoms with Crippen molar-refractivity contribution in [3.8, 4) is 0 Å². The van der Waals surface area contributed by atoms with Gasteiger partial charge >= 0.3 is 0 Å². The highest BCUT2D eigenvalue weighted by Crippen LogP contribution is 2.47. The molecule has 9 heavy (non-hydrogen) atoms. The van der Waals surface area contributed by atoms with Crippen LogP contribution in [0.2, 0.25) is 0 Å². The third-order valence-electron chi connectivity index (χ3n) is 3.02. The van der Waals surface area contributed by atoms with Crippen LogP contribution in [0, 0.1) is 0 Å². The Morgan fingerprint density at radius 1 is 1.11 bits per heavy atom. The largest absolute Gasteiger partial charge is 0.301 e. The van der Waals surface area contributed by atoms with Gasteiger partial charge < -0.3 is 4.90 Å². The van der Waals surface area contributed by atoms with E-state index in [1.807, 2.05) is 0 Å². The third kappa shape index (κ3) is 0.787. The summed E-state index contributed by atoms with van der Waals surface area (Å²) in [5.41, 5.74) is 0.720. The van der Waals surface area contributed by atoms with Crippen LogP contribution in [-0.4, -0.2) is 24.0 Å². The van der Waals surface area contributed by atoms with Crippen LogP contribution >= 0.6 is 0 Å². The molecular weight excluding hydrogens is 110 g/mol. The van der Waals surface area contributed by atoms with Crippen LogP contribution in [0.3, 0.4) is 0 Å². The van der Waals surface area contributed by atoms with Crippen molar-refractivity contribution in [1.82, 2.24) is 4.90 Å². The Labute approximate surface area is 57.0 Å². The minimum atomic E-state index is 0.720. The maximum Gasteiger partial charge on any atom is 0.0207 e. The Hall–Kier alpha value is -0.0400. The molecule has 0 unspecified atom stereocenters. The zero-order valence-corrected chi connectivity index (χ0v) is 6.19. The molecule has 1 nitrogen and oxygen atoms in total. The van der Waals surface area contributed by atoms with E-state index in [-0.39, 0.29) is 0 Å². The highest BCUT2D eigenvalue weighted by molar-refractivity contribution is 5.04. The van der Waals surface area contributed by atoms with Crippen molar-refractivity contribution in [3.05, 3.63) is 0 Å². The molecule has 0 radical (unpaired) electrons. The van der Waals surface area contributed by atoms with Crippen molar-refractivity contribution in [1.29, 1.82) is 0 Å². The van der Waals surface area contributed by atoms with E-state index in [2.05, 4.69) is 11.9 Å². The van der Waals surface area contributed by atoms with E-state index < -0.39 is 0 Å². The second-order valence-electron chi connectivity index (χ2n) is 3.60. The fourth-order valence-corrected chi connectivity index (χ4v) is 2.01. The number of nitrogens with zero attached hydrogens (tertiary/aromatic N) is 1. The van der Waals surface area contributed by atoms with E-state index in [1.54, 1.807) is 0 Å². The Balaban J connectivity index is 2.03. The van der Waals surface area contributed by atoms with Gasteiger partial charge in [0.15, 0.2) is 0 Å². The molecular formula is C8H15N. The molecule has 0 amide bonds. The number of piperidine rings is 1. The molecule has 1 heterocycles. The fourth-order valence-electron chi connectivity index (χ4n) is 2.01. The predicted octanol–water partition coefficient (Wildman–Crippen LogP) is 1.63. The second-order valence-corrected chi connectivity index (χ2v) is 3.60. The summed E-state index contributed by atoms with van der Waals surface area (Å²) in [6, 6.07) is 0. The van der Waals surface area contributed by atoms with Gasteiger partial charge in [-0.3, -0.25) is 0 Å². The standard InChI is InChI=1S/C8H15N/c1-9-7-3-2-4-8(9)5-6-8/h2-7H2,1H3. The van der Waals surface area contributed by atoms with E-state index in [9.17, 15) is 0 Å². The van der Waals surface area contributed by atoms with Gasteiger partial charge in [-0.1, -0.05) is 6.42 Å². The van der Waals surface area contributed by atoms with Gasteiger partial charge in [0.1, 0.15) is 0 Å². The Morgan fingerprint density at radius 2 is 1.89 bits per heavy atom. The van der Waals surface area contributed by atoms with Crippen LogP contribution in [0.4, 0.5) is 0 Å². The maximum absolute atomic E-state index is 2.57. The van der Waals surface area contributed by atoms with Crippen LogP contribution in [-0.2, 0) is 0 Å². The van der Waals surface area contributed by atoms with E-state index in [0.717, 1.165) is 5.54 Å². The lowest BCUT2D eigenvalue weighted by Crippen LogP contribution is -2.37. The summed E-state index contributed by atoms with van der Waals surface area (Å²) in [7, 11) is 2.28. The number of hydrogen-bond donors (Lipinski definition) is 0. The molecule has 2 fully saturated rings. The van der Waals surface area contributed by atoms with Crippen LogP contribution < -0.4 is 0 Å². The minimum Gasteiger partial charge on any atom is -0.301 e. The van der Waals surface area contributed by atoms with Crippen LogP contribution in [0.5, 0.6) is 0 Å². The lowest BCUT2D eigenvalue weighted by atomic mass is 10.0. The molecule has 0 N–H and O–H groups in total. The Bertz CT molecular complexity index is 116. The smallest absolute Gasteiger partial charge is 0.0207 e. The highest BCUT2D eigenvalue weighted by Gasteiger charge is 2.46. The predicted molar refractivity (Wildman–Crippen MR) is 38.4 cm³/mol. The first-order chi connectivity index (χ1) is 4.33. The van der Waals surface area contributed by atoms with Gasteiger partial charge in [0.2, 0.25) is 0 Å². The molecule has 1 aliphatic carbocycles. The van der Waals surface area contributed by atoms with Crippen molar-refractivity contribution in [3.63, 3.8) is 0 Å². The minimum absolute atomic E-state index is 0.720. The molecule has 0 aromatic rings. The fraction of sp³-hybridized carbons (Fsp3) is 1.00. The molecule has 0 atom stereocenters. The summed E-state index contributed by atoms with van der Waals surface area (Å²) in [5.74, 6) is 0. The molecule has 1 saturated heterocycles. The van der Waals surface area contributed by atoms with Crippen molar-refractivity contribution < 1.29 is 0 Å². The summed E-state index contributed by atoms with van der Waals surface area (Å²) in [4.78, 5) is 2.57. The van der Waals surface area contributed by atoms with E-state index in [4.69, 9.17) is 0 Å². The molecule has 1 spiro atoms. The first-order valence-electron chi connectivity index (χ1n) is 4.05. The van der Waals surface area contributed by atoms with Crippen molar-refractivity contribution in [2.75, 3.05) is 13.6 Å². The van der Waals surface area contributed by atoms with E-state index in [1.165, 1.54) is 38.6 Å². The summed E-state index contributed by atoms with van der Waals surface area (Å²) >= 11 is 0. The average molecular weight is 125 g/mol. The van der Waals surface area contributed by atoms with Crippen molar-refractivity contribution in [2.45, 2.75) is 37.6 Å². The Morgan fingerprint density at radius 3 is 2.33 bits per heavy atom. The van der Waals surface area contributed by atoms with Gasteiger partial charge in [-0.25, -0.2) is 0 Å². The molecule has 52 valence electrons. The summed E-state index contributed by atoms with van der Waals surface area (Å²) < 4.78 is 0. The zero-order valence-electron chi connectivity index (χ0n) is 6.19. The molecule has 0 bridgehead atoms. The number of likely N-dealkylation sites (tertiary alicyclic amines) is 1. The lowest BCUT2D eigenvalue weighted by molar-refractivity contribution is 0.165. The highest BCUT2D eigenvalue weighted by atomic mass is 15.2. The molecule has 1 aliphatic heterocycles. The van der Waals surface area contributed by atoms with Gasteiger partial charge in [0.05, 0.1) is 0 Å². The molecule has 2 aliphatic rings. The second kappa shape index (κ2) is 1.72. The lowest BCUT2D eigenvalue weighted by Gasteiger charge is -2.32. The van der Waals surface area contributed by atoms with Crippen LogP contribution in [0.25, 0.3) is 0 Å². The van der Waals surface area contributed by atoms with Gasteiger partial charge in [-0.05, 0) is 39.3 Å². The summed E-state index contributed by atoms with van der Waals surface area (Å²) in [5, 5.41) is 0. The van der Waals surface area contributed by atoms with Crippen molar-refractivity contribution in [2.24, 2.45) is 0 Å². The zero-order chi connectivity index (χ0) is 6.32. The van der Waals surface area contributed by atoms with Gasteiger partial charge in [0.25, 0.3) is 0 Å². The monoisotopic (exact) mass is 125 g/mol. The SMILES string of the molecule is CN1CCCCC12CC2. The third-order valence-corrected chi connectivity index (χ3v) is 3.02.